The van der Waals surface area contributed by atoms with Crippen LogP contribution in [0.2, 0.25) is 0 Å². The lowest BCUT2D eigenvalue weighted by molar-refractivity contribution is -0.890. The molecule has 0 fully saturated rings. The highest BCUT2D eigenvalue weighted by molar-refractivity contribution is 4.58. The van der Waals surface area contributed by atoms with E-state index in [9.17, 15) is 0 Å². The molecular formula is C38H84Br2N4. The maximum Gasteiger partial charge on any atom is 0.0911 e. The van der Waals surface area contributed by atoms with Gasteiger partial charge in [0.2, 0.25) is 0 Å². The van der Waals surface area contributed by atoms with Crippen molar-refractivity contribution in [2.45, 2.75) is 155 Å². The van der Waals surface area contributed by atoms with Crippen molar-refractivity contribution in [2.75, 3.05) is 94.6 Å². The van der Waals surface area contributed by atoms with E-state index in [0.29, 0.717) is 0 Å². The SMILES string of the molecule is CCCCCCCCCCCCCC[N+](C)(C)CCN(C)CCN(C)CC[N+](C)(C)CCCCCCCCCCCC.[Br-].[Br-]. The minimum atomic E-state index is 0. The highest BCUT2D eigenvalue weighted by Crippen LogP contribution is 2.14. The molecule has 0 rings (SSSR count). The molecule has 0 N–H and O–H groups in total. The van der Waals surface area contributed by atoms with E-state index < -0.39 is 0 Å². The topological polar surface area (TPSA) is 6.48 Å². The van der Waals surface area contributed by atoms with Crippen LogP contribution in [0.5, 0.6) is 0 Å². The third kappa shape index (κ3) is 35.7. The van der Waals surface area contributed by atoms with Crippen molar-refractivity contribution in [2.24, 2.45) is 0 Å². The summed E-state index contributed by atoms with van der Waals surface area (Å²) in [5.41, 5.74) is 0. The predicted molar refractivity (Wildman–Crippen MR) is 192 cm³/mol. The van der Waals surface area contributed by atoms with Gasteiger partial charge in [-0.3, -0.25) is 9.80 Å². The lowest BCUT2D eigenvalue weighted by Crippen LogP contribution is -3.00. The minimum absolute atomic E-state index is 0. The van der Waals surface area contributed by atoms with Crippen LogP contribution in [0, 0.1) is 0 Å². The second-order valence-electron chi connectivity index (χ2n) is 15.4. The maximum absolute atomic E-state index is 2.56. The summed E-state index contributed by atoms with van der Waals surface area (Å²) in [4.78, 5) is 5.12. The quantitative estimate of drug-likeness (QED) is 0.0747. The van der Waals surface area contributed by atoms with Crippen LogP contribution in [0.1, 0.15) is 155 Å². The Labute approximate surface area is 301 Å². The van der Waals surface area contributed by atoms with Crippen molar-refractivity contribution in [3.05, 3.63) is 0 Å². The molecule has 0 heterocycles. The summed E-state index contributed by atoms with van der Waals surface area (Å²) in [5.74, 6) is 0. The molecule has 0 aliphatic heterocycles. The Hall–Kier alpha value is 0.800. The number of hydrogen-bond acceptors (Lipinski definition) is 2. The van der Waals surface area contributed by atoms with Crippen molar-refractivity contribution in [1.29, 1.82) is 0 Å². The van der Waals surface area contributed by atoms with Gasteiger partial charge in [0.1, 0.15) is 0 Å². The van der Waals surface area contributed by atoms with Crippen LogP contribution < -0.4 is 34.0 Å². The molecule has 270 valence electrons. The van der Waals surface area contributed by atoms with Crippen LogP contribution in [0.3, 0.4) is 0 Å². The van der Waals surface area contributed by atoms with E-state index in [4.69, 9.17) is 0 Å². The first-order valence-electron chi connectivity index (χ1n) is 19.1. The van der Waals surface area contributed by atoms with Gasteiger partial charge in [-0.15, -0.1) is 0 Å². The number of halogens is 2. The second kappa shape index (κ2) is 33.7. The molecule has 0 atom stereocenters. The minimum Gasteiger partial charge on any atom is -1.00 e. The largest absolute Gasteiger partial charge is 1.00 e. The van der Waals surface area contributed by atoms with Gasteiger partial charge in [0.15, 0.2) is 0 Å². The van der Waals surface area contributed by atoms with Crippen molar-refractivity contribution < 1.29 is 42.9 Å². The Balaban J connectivity index is -0.00000840. The predicted octanol–water partition coefficient (Wildman–Crippen LogP) is 3.63. The van der Waals surface area contributed by atoms with Gasteiger partial charge >= 0.3 is 0 Å². The molecule has 0 saturated carbocycles. The number of rotatable bonds is 33. The van der Waals surface area contributed by atoms with Gasteiger partial charge in [-0.2, -0.15) is 0 Å². The molecule has 0 saturated heterocycles. The summed E-state index contributed by atoms with van der Waals surface area (Å²) in [6, 6.07) is 0. The highest BCUT2D eigenvalue weighted by atomic mass is 79.9. The van der Waals surface area contributed by atoms with Crippen LogP contribution in [0.4, 0.5) is 0 Å². The average Bonchev–Trinajstić information content (AvgIpc) is 2.95. The normalized spacial score (nSPS) is 12.1. The summed E-state index contributed by atoms with van der Waals surface area (Å²) in [7, 11) is 14.4. The molecular weight excluding hydrogens is 672 g/mol. The first-order valence-corrected chi connectivity index (χ1v) is 19.1. The molecule has 0 radical (unpaired) electrons. The van der Waals surface area contributed by atoms with Gasteiger partial charge in [-0.25, -0.2) is 0 Å². The highest BCUT2D eigenvalue weighted by Gasteiger charge is 2.17. The molecule has 6 heteroatoms. The Kier molecular flexibility index (Phi) is 37.7. The van der Waals surface area contributed by atoms with Gasteiger partial charge in [0.25, 0.3) is 0 Å². The first-order chi connectivity index (χ1) is 20.1. The zero-order valence-corrected chi connectivity index (χ0v) is 34.9. The Bertz CT molecular complexity index is 559. The monoisotopic (exact) mass is 755 g/mol. The smallest absolute Gasteiger partial charge is 0.0911 e. The average molecular weight is 757 g/mol. The second-order valence-corrected chi connectivity index (χ2v) is 15.4. The zero-order chi connectivity index (χ0) is 31.4. The summed E-state index contributed by atoms with van der Waals surface area (Å²) in [5, 5.41) is 0. The molecule has 0 unspecified atom stereocenters. The van der Waals surface area contributed by atoms with E-state index >= 15 is 0 Å². The van der Waals surface area contributed by atoms with E-state index in [1.165, 1.54) is 203 Å². The van der Waals surface area contributed by atoms with Crippen molar-refractivity contribution in [3.63, 3.8) is 0 Å². The van der Waals surface area contributed by atoms with Gasteiger partial charge in [-0.05, 0) is 39.8 Å². The summed E-state index contributed by atoms with van der Waals surface area (Å²) in [6.07, 6.45) is 31.6. The third-order valence-corrected chi connectivity index (χ3v) is 9.77. The Morgan fingerprint density at radius 2 is 0.545 bits per heavy atom. The van der Waals surface area contributed by atoms with Crippen molar-refractivity contribution >= 4 is 0 Å². The van der Waals surface area contributed by atoms with Crippen molar-refractivity contribution in [1.82, 2.24) is 9.80 Å². The lowest BCUT2D eigenvalue weighted by atomic mass is 10.1. The number of unbranched alkanes of at least 4 members (excludes halogenated alkanes) is 20. The molecule has 0 aliphatic carbocycles. The summed E-state index contributed by atoms with van der Waals surface area (Å²) in [6.45, 7) is 14.6. The standard InChI is InChI=1S/C38H84N4.2BrH/c1-9-11-13-15-17-19-21-22-24-26-28-30-36-42(7,8)38-34-40(4)32-31-39(3)33-37-41(5,6)35-29-27-25-23-20-18-16-14-12-10-2;;/h9-38H2,1-8H3;2*1H/q+2;;/p-2. The van der Waals surface area contributed by atoms with E-state index in [-0.39, 0.29) is 34.0 Å². The molecule has 0 spiro atoms. The van der Waals surface area contributed by atoms with Crippen LogP contribution in [-0.2, 0) is 0 Å². The lowest BCUT2D eigenvalue weighted by Gasteiger charge is -2.33. The fourth-order valence-electron chi connectivity index (χ4n) is 6.08. The number of nitrogens with zero attached hydrogens (tertiary/aromatic N) is 4. The molecule has 0 aromatic heterocycles. The molecule has 0 aromatic carbocycles. The van der Waals surface area contributed by atoms with Crippen molar-refractivity contribution in [3.8, 4) is 0 Å². The fraction of sp³-hybridized carbons (Fsp3) is 1.00. The van der Waals surface area contributed by atoms with Crippen LogP contribution >= 0.6 is 0 Å². The van der Waals surface area contributed by atoms with E-state index in [1.807, 2.05) is 0 Å². The Morgan fingerprint density at radius 3 is 0.795 bits per heavy atom. The number of quaternary nitrogens is 2. The maximum atomic E-state index is 2.56. The van der Waals surface area contributed by atoms with E-state index in [0.717, 1.165) is 0 Å². The van der Waals surface area contributed by atoms with Gasteiger partial charge < -0.3 is 42.9 Å². The molecule has 44 heavy (non-hydrogen) atoms. The van der Waals surface area contributed by atoms with Crippen LogP contribution in [-0.4, -0.2) is 113 Å². The number of hydrogen-bond donors (Lipinski definition) is 0. The molecule has 0 aliphatic rings. The van der Waals surface area contributed by atoms with Crippen LogP contribution in [0.25, 0.3) is 0 Å². The van der Waals surface area contributed by atoms with E-state index in [1.54, 1.807) is 0 Å². The molecule has 0 aromatic rings. The fourth-order valence-corrected chi connectivity index (χ4v) is 6.08. The van der Waals surface area contributed by atoms with E-state index in [2.05, 4.69) is 65.9 Å². The third-order valence-electron chi connectivity index (χ3n) is 9.77. The molecule has 4 nitrogen and oxygen atoms in total. The summed E-state index contributed by atoms with van der Waals surface area (Å²) < 4.78 is 2.34. The Morgan fingerprint density at radius 1 is 0.318 bits per heavy atom. The van der Waals surface area contributed by atoms with Gasteiger partial charge in [0.05, 0.1) is 54.4 Å². The number of likely N-dealkylation sites (N-methyl/N-ethyl adjacent to an activating group) is 4. The molecule has 0 amide bonds. The van der Waals surface area contributed by atoms with Crippen LogP contribution in [0.15, 0.2) is 0 Å². The molecule has 0 bridgehead atoms. The first kappa shape index (κ1) is 49.2. The van der Waals surface area contributed by atoms with Gasteiger partial charge in [0, 0.05) is 26.2 Å². The zero-order valence-electron chi connectivity index (χ0n) is 31.8. The van der Waals surface area contributed by atoms with Gasteiger partial charge in [-0.1, -0.05) is 129 Å². The summed E-state index contributed by atoms with van der Waals surface area (Å²) >= 11 is 0.